The van der Waals surface area contributed by atoms with E-state index in [4.69, 9.17) is 9.72 Å². The van der Waals surface area contributed by atoms with Crippen LogP contribution in [-0.2, 0) is 0 Å². The summed E-state index contributed by atoms with van der Waals surface area (Å²) in [5.74, 6) is 0.559. The van der Waals surface area contributed by atoms with Gasteiger partial charge in [0.05, 0.1) is 27.1 Å². The third-order valence-corrected chi connectivity index (χ3v) is 7.68. The molecular weight excluding hydrogens is 496 g/mol. The second-order valence-corrected chi connectivity index (χ2v) is 9.50. The number of amides is 1. The minimum atomic E-state index is -0.426. The number of nitro groups is 1. The van der Waals surface area contributed by atoms with Gasteiger partial charge in [0, 0.05) is 41.4 Å². The smallest absolute Gasteiger partial charge is 0.270 e. The van der Waals surface area contributed by atoms with E-state index >= 15 is 0 Å². The maximum absolute atomic E-state index is 13.6. The maximum Gasteiger partial charge on any atom is 0.270 e. The summed E-state index contributed by atoms with van der Waals surface area (Å²) in [7, 11) is 1.61. The zero-order valence-electron chi connectivity index (χ0n) is 19.0. The van der Waals surface area contributed by atoms with Crippen LogP contribution in [0.1, 0.15) is 23.5 Å². The zero-order valence-corrected chi connectivity index (χ0v) is 21.5. The lowest BCUT2D eigenvalue weighted by molar-refractivity contribution is -0.384. The number of rotatable bonds is 9. The predicted octanol–water partition coefficient (Wildman–Crippen LogP) is 5.84. The number of non-ortho nitro benzene ring substituents is 1. The molecule has 34 heavy (non-hydrogen) atoms. The van der Waals surface area contributed by atoms with Crippen molar-refractivity contribution >= 4 is 72.1 Å². The molecule has 0 unspecified atom stereocenters. The molecule has 0 radical (unpaired) electrons. The van der Waals surface area contributed by atoms with Gasteiger partial charge in [0.2, 0.25) is 0 Å². The van der Waals surface area contributed by atoms with Crippen LogP contribution in [0.15, 0.2) is 42.5 Å². The minimum absolute atomic E-state index is 0. The van der Waals surface area contributed by atoms with Crippen molar-refractivity contribution in [3.63, 3.8) is 0 Å². The molecule has 180 valence electrons. The van der Waals surface area contributed by atoms with E-state index in [9.17, 15) is 14.9 Å². The minimum Gasteiger partial charge on any atom is -0.497 e. The molecule has 0 aliphatic carbocycles. The first-order valence-electron chi connectivity index (χ1n) is 10.6. The molecule has 0 fully saturated rings. The Bertz CT molecular complexity index is 1320. The predicted molar refractivity (Wildman–Crippen MR) is 141 cm³/mol. The molecule has 0 saturated carbocycles. The van der Waals surface area contributed by atoms with E-state index < -0.39 is 4.92 Å². The Morgan fingerprint density at radius 3 is 2.47 bits per heavy atom. The van der Waals surface area contributed by atoms with Crippen LogP contribution in [-0.4, -0.2) is 54.0 Å². The lowest BCUT2D eigenvalue weighted by Crippen LogP contribution is -2.38. The van der Waals surface area contributed by atoms with E-state index in [1.54, 1.807) is 24.1 Å². The van der Waals surface area contributed by atoms with Gasteiger partial charge in [0.25, 0.3) is 11.6 Å². The fraction of sp³-hybridized carbons (Fsp3) is 0.304. The third-order valence-electron chi connectivity index (χ3n) is 5.52. The Morgan fingerprint density at radius 2 is 1.79 bits per heavy atom. The first-order chi connectivity index (χ1) is 15.9. The van der Waals surface area contributed by atoms with Gasteiger partial charge >= 0.3 is 0 Å². The Kier molecular flexibility index (Phi) is 8.42. The molecule has 4 aromatic rings. The van der Waals surface area contributed by atoms with Crippen molar-refractivity contribution in [3.05, 3.63) is 57.5 Å². The summed E-state index contributed by atoms with van der Waals surface area (Å²) in [5, 5.41) is 12.4. The number of hydrogen-bond acceptors (Lipinski definition) is 8. The van der Waals surface area contributed by atoms with Crippen molar-refractivity contribution in [2.24, 2.45) is 0 Å². The number of halogens is 1. The standard InChI is InChI=1S/C23H24N4O4S2.ClH/c1-4-25(5-2)10-11-26(23-24-18-14-17(31-3)7-9-20(18)33-23)22(28)21-13-15-12-16(27(29)30)6-8-19(15)32-21;/h6-9,12-14H,4-5,10-11H2,1-3H3;1H. The molecule has 2 aromatic heterocycles. The molecule has 2 heterocycles. The van der Waals surface area contributed by atoms with Gasteiger partial charge in [0.1, 0.15) is 5.75 Å². The molecule has 4 rings (SSSR count). The molecule has 11 heteroatoms. The van der Waals surface area contributed by atoms with E-state index in [1.165, 1.54) is 34.8 Å². The summed E-state index contributed by atoms with van der Waals surface area (Å²) in [4.78, 5) is 33.6. The van der Waals surface area contributed by atoms with Gasteiger partial charge in [-0.1, -0.05) is 25.2 Å². The van der Waals surface area contributed by atoms with Gasteiger partial charge in [-0.2, -0.15) is 0 Å². The highest BCUT2D eigenvalue weighted by Gasteiger charge is 2.24. The van der Waals surface area contributed by atoms with Crippen molar-refractivity contribution in [1.29, 1.82) is 0 Å². The van der Waals surface area contributed by atoms with Gasteiger partial charge in [-0.3, -0.25) is 19.8 Å². The highest BCUT2D eigenvalue weighted by Crippen LogP contribution is 2.34. The van der Waals surface area contributed by atoms with Crippen molar-refractivity contribution < 1.29 is 14.5 Å². The number of methoxy groups -OCH3 is 1. The molecule has 0 saturated heterocycles. The molecule has 2 aromatic carbocycles. The fourth-order valence-electron chi connectivity index (χ4n) is 3.59. The number of likely N-dealkylation sites (N-methyl/N-ethyl adjacent to an activating group) is 1. The van der Waals surface area contributed by atoms with Crippen molar-refractivity contribution in [2.45, 2.75) is 13.8 Å². The van der Waals surface area contributed by atoms with Gasteiger partial charge in [-0.15, -0.1) is 23.7 Å². The van der Waals surface area contributed by atoms with Crippen LogP contribution in [0, 0.1) is 10.1 Å². The molecule has 0 aliphatic heterocycles. The number of fused-ring (bicyclic) bond motifs is 2. The van der Waals surface area contributed by atoms with Crippen LogP contribution < -0.4 is 9.64 Å². The number of benzene rings is 2. The van der Waals surface area contributed by atoms with Crippen LogP contribution in [0.2, 0.25) is 0 Å². The Labute approximate surface area is 211 Å². The van der Waals surface area contributed by atoms with Crippen LogP contribution in [0.5, 0.6) is 5.75 Å². The summed E-state index contributed by atoms with van der Waals surface area (Å²) in [6, 6.07) is 12.1. The largest absolute Gasteiger partial charge is 0.497 e. The quantitative estimate of drug-likeness (QED) is 0.203. The van der Waals surface area contributed by atoms with Crippen molar-refractivity contribution in [1.82, 2.24) is 9.88 Å². The third kappa shape index (κ3) is 5.30. The summed E-state index contributed by atoms with van der Waals surface area (Å²) in [6.07, 6.45) is 0. The highest BCUT2D eigenvalue weighted by molar-refractivity contribution is 7.23. The summed E-state index contributed by atoms with van der Waals surface area (Å²) in [5.41, 5.74) is 0.791. The van der Waals surface area contributed by atoms with E-state index in [-0.39, 0.29) is 24.0 Å². The molecule has 0 bridgehead atoms. The number of aromatic nitrogens is 1. The van der Waals surface area contributed by atoms with E-state index in [0.29, 0.717) is 34.2 Å². The molecule has 8 nitrogen and oxygen atoms in total. The second-order valence-electron chi connectivity index (χ2n) is 7.40. The Morgan fingerprint density at radius 1 is 1.06 bits per heavy atom. The molecule has 0 N–H and O–H groups in total. The summed E-state index contributed by atoms with van der Waals surface area (Å²) in [6.45, 7) is 7.18. The number of anilines is 1. The molecule has 0 aliphatic rings. The van der Waals surface area contributed by atoms with E-state index in [1.807, 2.05) is 18.2 Å². The average molecular weight is 521 g/mol. The van der Waals surface area contributed by atoms with Gasteiger partial charge in [-0.05, 0) is 37.4 Å². The van der Waals surface area contributed by atoms with Crippen molar-refractivity contribution in [3.8, 4) is 5.75 Å². The first-order valence-corrected chi connectivity index (χ1v) is 12.2. The van der Waals surface area contributed by atoms with Gasteiger partial charge in [0.15, 0.2) is 5.13 Å². The summed E-state index contributed by atoms with van der Waals surface area (Å²) < 4.78 is 7.11. The highest BCUT2D eigenvalue weighted by atomic mass is 35.5. The van der Waals surface area contributed by atoms with Crippen molar-refractivity contribution in [2.75, 3.05) is 38.2 Å². The monoisotopic (exact) mass is 520 g/mol. The molecular formula is C23H25ClN4O4S2. The Balaban J connectivity index is 0.00000324. The number of carbonyl (C=O) groups excluding carboxylic acids is 1. The topological polar surface area (TPSA) is 88.8 Å². The zero-order chi connectivity index (χ0) is 23.5. The second kappa shape index (κ2) is 11.1. The van der Waals surface area contributed by atoms with E-state index in [0.717, 1.165) is 28.0 Å². The molecule has 1 amide bonds. The van der Waals surface area contributed by atoms with Gasteiger partial charge in [-0.25, -0.2) is 4.98 Å². The average Bonchev–Trinajstić information content (AvgIpc) is 3.44. The molecule has 0 atom stereocenters. The number of hydrogen-bond donors (Lipinski definition) is 0. The van der Waals surface area contributed by atoms with Crippen LogP contribution in [0.4, 0.5) is 10.8 Å². The number of thiophene rings is 1. The van der Waals surface area contributed by atoms with Crippen LogP contribution >= 0.6 is 35.1 Å². The Hall–Kier alpha value is -2.79. The normalized spacial score (nSPS) is 11.1. The van der Waals surface area contributed by atoms with Crippen LogP contribution in [0.3, 0.4) is 0 Å². The number of nitrogens with zero attached hydrogens (tertiary/aromatic N) is 4. The van der Waals surface area contributed by atoms with Gasteiger partial charge < -0.3 is 9.64 Å². The number of ether oxygens (including phenoxy) is 1. The van der Waals surface area contributed by atoms with E-state index in [2.05, 4.69) is 18.7 Å². The number of nitro benzene ring substituents is 1. The number of carbonyl (C=O) groups is 1. The fourth-order valence-corrected chi connectivity index (χ4v) is 5.55. The SMILES string of the molecule is CCN(CC)CCN(C(=O)c1cc2cc([N+](=O)[O-])ccc2s1)c1nc2cc(OC)ccc2s1.Cl. The number of thiazole rings is 1. The van der Waals surface area contributed by atoms with Crippen LogP contribution in [0.25, 0.3) is 20.3 Å². The molecule has 0 spiro atoms. The lowest BCUT2D eigenvalue weighted by atomic mass is 10.2. The summed E-state index contributed by atoms with van der Waals surface area (Å²) >= 11 is 2.80. The lowest BCUT2D eigenvalue weighted by Gasteiger charge is -2.24. The first kappa shape index (κ1) is 25.8. The maximum atomic E-state index is 13.6.